The molecule has 0 bridgehead atoms. The fourth-order valence-corrected chi connectivity index (χ4v) is 2.67. The highest BCUT2D eigenvalue weighted by Crippen LogP contribution is 2.10. The van der Waals surface area contributed by atoms with Gasteiger partial charge in [-0.1, -0.05) is 42.5 Å². The van der Waals surface area contributed by atoms with Crippen molar-refractivity contribution in [2.24, 2.45) is 5.73 Å². The smallest absolute Gasteiger partial charge is 0.251 e. The lowest BCUT2D eigenvalue weighted by Crippen LogP contribution is -2.50. The van der Waals surface area contributed by atoms with Crippen molar-refractivity contribution in [3.8, 4) is 0 Å². The summed E-state index contributed by atoms with van der Waals surface area (Å²) in [5, 5.41) is 12.9. The molecule has 0 radical (unpaired) electrons. The van der Waals surface area contributed by atoms with Gasteiger partial charge in [-0.05, 0) is 50.5 Å². The van der Waals surface area contributed by atoms with E-state index < -0.39 is 24.0 Å². The predicted molar refractivity (Wildman–Crippen MR) is 111 cm³/mol. The van der Waals surface area contributed by atoms with E-state index in [0.29, 0.717) is 12.1 Å². The second kappa shape index (κ2) is 10.2. The van der Waals surface area contributed by atoms with Crippen LogP contribution in [0.5, 0.6) is 0 Å². The van der Waals surface area contributed by atoms with Crippen molar-refractivity contribution in [3.05, 3.63) is 71.3 Å². The molecule has 7 nitrogen and oxygen atoms in total. The van der Waals surface area contributed by atoms with Crippen LogP contribution in [-0.2, 0) is 22.6 Å². The number of carbonyl (C=O) groups is 2. The van der Waals surface area contributed by atoms with Crippen LogP contribution in [0.1, 0.15) is 42.3 Å². The number of amides is 2. The highest BCUT2D eigenvalue weighted by Gasteiger charge is 2.26. The monoisotopic (exact) mass is 399 g/mol. The second-order valence-electron chi connectivity index (χ2n) is 7.85. The van der Waals surface area contributed by atoms with Crippen molar-refractivity contribution in [2.75, 3.05) is 0 Å². The van der Waals surface area contributed by atoms with Gasteiger partial charge in [0.15, 0.2) is 6.10 Å². The molecule has 29 heavy (non-hydrogen) atoms. The van der Waals surface area contributed by atoms with Crippen LogP contribution < -0.4 is 16.5 Å². The largest absolute Gasteiger partial charge is 0.381 e. The number of primary amides is 1. The minimum Gasteiger partial charge on any atom is -0.381 e. The van der Waals surface area contributed by atoms with Crippen molar-refractivity contribution in [3.63, 3.8) is 0 Å². The van der Waals surface area contributed by atoms with Gasteiger partial charge < -0.3 is 16.2 Å². The lowest BCUT2D eigenvalue weighted by molar-refractivity contribution is -0.127. The predicted octanol–water partition coefficient (Wildman–Crippen LogP) is 1.69. The first-order valence-corrected chi connectivity index (χ1v) is 9.48. The zero-order valence-electron chi connectivity index (χ0n) is 17.0. The van der Waals surface area contributed by atoms with Crippen LogP contribution in [0.2, 0.25) is 0 Å². The Morgan fingerprint density at radius 1 is 1.03 bits per heavy atom. The molecule has 2 rings (SSSR count). The first-order chi connectivity index (χ1) is 13.7. The number of carbonyl (C=O) groups excluding carboxylic acids is 2. The van der Waals surface area contributed by atoms with Crippen LogP contribution in [0.3, 0.4) is 0 Å². The Bertz CT molecular complexity index is 801. The van der Waals surface area contributed by atoms with Gasteiger partial charge in [0.2, 0.25) is 5.91 Å². The third-order valence-electron chi connectivity index (χ3n) is 4.16. The molecule has 0 saturated carbocycles. The summed E-state index contributed by atoms with van der Waals surface area (Å²) in [6.45, 7) is 6.33. The van der Waals surface area contributed by atoms with Crippen LogP contribution in [0.25, 0.3) is 0 Å². The third-order valence-corrected chi connectivity index (χ3v) is 4.16. The molecule has 2 amide bonds. The van der Waals surface area contributed by atoms with Gasteiger partial charge >= 0.3 is 0 Å². The first-order valence-electron chi connectivity index (χ1n) is 9.48. The molecule has 0 aliphatic carbocycles. The van der Waals surface area contributed by atoms with E-state index in [1.165, 1.54) is 0 Å². The normalized spacial score (nSPS) is 13.5. The fourth-order valence-electron chi connectivity index (χ4n) is 2.67. The Labute approximate surface area is 171 Å². The zero-order valence-corrected chi connectivity index (χ0v) is 17.0. The standard InChI is InChI=1S/C22H29N3O4/c1-22(2,3)29-24-14-16-9-11-17(12-10-16)21(28)25-18(19(26)20(23)27)13-15-7-5-4-6-8-15/h4-12,18-19,24,26H,13-14H2,1-3H3,(H2,23,27)(H,25,28)/t18?,19-/m0/s1. The number of aliphatic hydroxyl groups is 1. The molecule has 156 valence electrons. The molecule has 2 aromatic rings. The maximum Gasteiger partial charge on any atom is 0.251 e. The average Bonchev–Trinajstić information content (AvgIpc) is 2.67. The molecule has 0 aliphatic heterocycles. The first kappa shape index (κ1) is 22.5. The molecule has 0 saturated heterocycles. The van der Waals surface area contributed by atoms with Crippen LogP contribution in [-0.4, -0.2) is 34.7 Å². The molecule has 0 heterocycles. The van der Waals surface area contributed by atoms with Crippen molar-refractivity contribution in [1.82, 2.24) is 10.8 Å². The van der Waals surface area contributed by atoms with Gasteiger partial charge in [-0.3, -0.25) is 14.4 Å². The average molecular weight is 399 g/mol. The van der Waals surface area contributed by atoms with Gasteiger partial charge in [-0.15, -0.1) is 0 Å². The lowest BCUT2D eigenvalue weighted by atomic mass is 10.00. The molecule has 7 heteroatoms. The van der Waals surface area contributed by atoms with E-state index >= 15 is 0 Å². The maximum absolute atomic E-state index is 12.6. The lowest BCUT2D eigenvalue weighted by Gasteiger charge is -2.22. The summed E-state index contributed by atoms with van der Waals surface area (Å²) in [4.78, 5) is 29.5. The number of rotatable bonds is 9. The minimum absolute atomic E-state index is 0.281. The molecule has 0 fully saturated rings. The third kappa shape index (κ3) is 7.65. The molecule has 0 aliphatic rings. The van der Waals surface area contributed by atoms with Gasteiger partial charge in [0.25, 0.3) is 5.91 Å². The number of benzene rings is 2. The van der Waals surface area contributed by atoms with Gasteiger partial charge in [0.1, 0.15) is 0 Å². The van der Waals surface area contributed by atoms with E-state index in [9.17, 15) is 14.7 Å². The minimum atomic E-state index is -1.49. The van der Waals surface area contributed by atoms with Gasteiger partial charge in [-0.25, -0.2) is 0 Å². The number of hydrogen-bond donors (Lipinski definition) is 4. The zero-order chi connectivity index (χ0) is 21.4. The molecule has 5 N–H and O–H groups in total. The summed E-state index contributed by atoms with van der Waals surface area (Å²) in [5.41, 5.74) is 10.1. The van der Waals surface area contributed by atoms with E-state index in [0.717, 1.165) is 11.1 Å². The molecular weight excluding hydrogens is 370 g/mol. The van der Waals surface area contributed by atoms with Crippen molar-refractivity contribution in [1.29, 1.82) is 0 Å². The van der Waals surface area contributed by atoms with Crippen molar-refractivity contribution >= 4 is 11.8 Å². The quantitative estimate of drug-likeness (QED) is 0.479. The second-order valence-corrected chi connectivity index (χ2v) is 7.85. The SMILES string of the molecule is CC(C)(C)ONCc1ccc(C(=O)NC(Cc2ccccc2)[C@H](O)C(N)=O)cc1. The Morgan fingerprint density at radius 3 is 2.21 bits per heavy atom. The maximum atomic E-state index is 12.6. The summed E-state index contributed by atoms with van der Waals surface area (Å²) in [6.07, 6.45) is -1.21. The molecule has 2 atom stereocenters. The molecule has 1 unspecified atom stereocenters. The van der Waals surface area contributed by atoms with E-state index in [-0.39, 0.29) is 12.0 Å². The highest BCUT2D eigenvalue weighted by molar-refractivity contribution is 5.95. The Hall–Kier alpha value is -2.74. The van der Waals surface area contributed by atoms with Crippen molar-refractivity contribution < 1.29 is 19.5 Å². The topological polar surface area (TPSA) is 114 Å². The van der Waals surface area contributed by atoms with E-state index in [1.54, 1.807) is 12.1 Å². The summed E-state index contributed by atoms with van der Waals surface area (Å²) < 4.78 is 0. The van der Waals surface area contributed by atoms with E-state index in [4.69, 9.17) is 10.6 Å². The fraction of sp³-hybridized carbons (Fsp3) is 0.364. The van der Waals surface area contributed by atoms with Crippen LogP contribution >= 0.6 is 0 Å². The van der Waals surface area contributed by atoms with E-state index in [1.807, 2.05) is 63.2 Å². The van der Waals surface area contributed by atoms with Gasteiger partial charge in [0.05, 0.1) is 11.6 Å². The number of nitrogens with one attached hydrogen (secondary N) is 2. The highest BCUT2D eigenvalue weighted by atomic mass is 16.7. The van der Waals surface area contributed by atoms with Crippen LogP contribution in [0.4, 0.5) is 0 Å². The molecule has 2 aromatic carbocycles. The van der Waals surface area contributed by atoms with Crippen molar-refractivity contribution in [2.45, 2.75) is 51.5 Å². The summed E-state index contributed by atoms with van der Waals surface area (Å²) in [7, 11) is 0. The van der Waals surface area contributed by atoms with Gasteiger partial charge in [0, 0.05) is 12.1 Å². The number of hydroxylamine groups is 1. The van der Waals surface area contributed by atoms with E-state index in [2.05, 4.69) is 10.8 Å². The summed E-state index contributed by atoms with van der Waals surface area (Å²) in [6, 6.07) is 15.4. The summed E-state index contributed by atoms with van der Waals surface area (Å²) in [5.74, 6) is -1.27. The Morgan fingerprint density at radius 2 is 1.66 bits per heavy atom. The Balaban J connectivity index is 2.01. The Kier molecular flexibility index (Phi) is 7.90. The molecular formula is C22H29N3O4. The van der Waals surface area contributed by atoms with Crippen LogP contribution in [0, 0.1) is 0 Å². The number of hydrogen-bond acceptors (Lipinski definition) is 5. The van der Waals surface area contributed by atoms with Crippen LogP contribution in [0.15, 0.2) is 54.6 Å². The number of nitrogens with two attached hydrogens (primary N) is 1. The van der Waals surface area contributed by atoms with Gasteiger partial charge in [-0.2, -0.15) is 5.48 Å². The number of aliphatic hydroxyl groups excluding tert-OH is 1. The summed E-state index contributed by atoms with van der Waals surface area (Å²) >= 11 is 0. The molecule has 0 aromatic heterocycles. The molecule has 0 spiro atoms.